The van der Waals surface area contributed by atoms with Gasteiger partial charge in [0.05, 0.1) is 12.2 Å². The molecule has 0 saturated carbocycles. The molecule has 1 aliphatic heterocycles. The summed E-state index contributed by atoms with van der Waals surface area (Å²) in [7, 11) is 0. The van der Waals surface area contributed by atoms with Gasteiger partial charge in [-0.15, -0.1) is 0 Å². The molecule has 3 N–H and O–H groups in total. The number of nitrogens with zero attached hydrogens (tertiary/aromatic N) is 3. The van der Waals surface area contributed by atoms with E-state index in [0.717, 1.165) is 50.7 Å². The van der Waals surface area contributed by atoms with E-state index >= 15 is 0 Å². The molecular weight excluding hydrogens is 352 g/mol. The van der Waals surface area contributed by atoms with Crippen molar-refractivity contribution in [3.63, 3.8) is 0 Å². The van der Waals surface area contributed by atoms with Gasteiger partial charge in [0.25, 0.3) is 0 Å². The number of hydrogen-bond donors (Lipinski definition) is 3. The average Bonchev–Trinajstić information content (AvgIpc) is 2.66. The number of aliphatic imine (C=N–C) groups is 1. The van der Waals surface area contributed by atoms with Gasteiger partial charge in [-0.3, -0.25) is 19.7 Å². The summed E-state index contributed by atoms with van der Waals surface area (Å²) in [6, 6.07) is 6.50. The highest BCUT2D eigenvalue weighted by Gasteiger charge is 2.21. The van der Waals surface area contributed by atoms with Crippen LogP contribution in [0.2, 0.25) is 0 Å². The smallest absolute Gasteiger partial charge is 0.225 e. The Morgan fingerprint density at radius 3 is 2.61 bits per heavy atom. The molecule has 1 aliphatic rings. The minimum Gasteiger partial charge on any atom is -0.357 e. The third-order valence-electron chi connectivity index (χ3n) is 4.73. The number of carbonyl (C=O) groups is 1. The number of carbonyl (C=O) groups excluding carboxylic acids is 1. The summed E-state index contributed by atoms with van der Waals surface area (Å²) in [5.41, 5.74) is 0.761. The van der Waals surface area contributed by atoms with Crippen LogP contribution in [0.3, 0.4) is 0 Å². The lowest BCUT2D eigenvalue weighted by Gasteiger charge is -2.32. The van der Waals surface area contributed by atoms with Crippen molar-refractivity contribution < 1.29 is 4.79 Å². The molecule has 1 aromatic rings. The second-order valence-corrected chi connectivity index (χ2v) is 8.28. The van der Waals surface area contributed by atoms with Crippen molar-refractivity contribution >= 4 is 11.9 Å². The van der Waals surface area contributed by atoms with E-state index in [9.17, 15) is 4.79 Å². The summed E-state index contributed by atoms with van der Waals surface area (Å²) in [4.78, 5) is 23.4. The summed E-state index contributed by atoms with van der Waals surface area (Å²) in [5.74, 6) is 0.886. The van der Waals surface area contributed by atoms with Crippen molar-refractivity contribution in [2.24, 2.45) is 10.4 Å². The lowest BCUT2D eigenvalue weighted by Crippen LogP contribution is -2.48. The van der Waals surface area contributed by atoms with E-state index in [0.29, 0.717) is 19.1 Å². The lowest BCUT2D eigenvalue weighted by atomic mass is 9.96. The Labute approximate surface area is 169 Å². The first-order valence-corrected chi connectivity index (χ1v) is 10.3. The molecule has 7 heteroatoms. The summed E-state index contributed by atoms with van der Waals surface area (Å²) in [6.07, 6.45) is 4.02. The Bertz CT molecular complexity index is 618. The van der Waals surface area contributed by atoms with Gasteiger partial charge in [0.15, 0.2) is 5.96 Å². The molecule has 0 unspecified atom stereocenters. The Hall–Kier alpha value is -2.15. The van der Waals surface area contributed by atoms with Gasteiger partial charge < -0.3 is 16.0 Å². The highest BCUT2D eigenvalue weighted by Crippen LogP contribution is 2.13. The van der Waals surface area contributed by atoms with E-state index in [2.05, 4.69) is 43.8 Å². The largest absolute Gasteiger partial charge is 0.357 e. The van der Waals surface area contributed by atoms with Gasteiger partial charge >= 0.3 is 0 Å². The van der Waals surface area contributed by atoms with Gasteiger partial charge in [0, 0.05) is 50.4 Å². The quantitative estimate of drug-likeness (QED) is 0.377. The molecule has 1 saturated heterocycles. The van der Waals surface area contributed by atoms with Crippen LogP contribution in [0, 0.1) is 5.41 Å². The van der Waals surface area contributed by atoms with Crippen molar-refractivity contribution in [2.75, 3.05) is 32.7 Å². The van der Waals surface area contributed by atoms with E-state index in [1.165, 1.54) is 0 Å². The zero-order chi connectivity index (χ0) is 20.4. The number of rotatable bonds is 7. The molecule has 0 radical (unpaired) electrons. The molecule has 2 heterocycles. The number of amides is 1. The van der Waals surface area contributed by atoms with Crippen LogP contribution in [0.1, 0.15) is 46.2 Å². The van der Waals surface area contributed by atoms with Gasteiger partial charge in [-0.2, -0.15) is 0 Å². The third kappa shape index (κ3) is 7.84. The number of hydrogen-bond acceptors (Lipinski definition) is 4. The van der Waals surface area contributed by atoms with Crippen LogP contribution in [0.25, 0.3) is 0 Å². The molecule has 0 bridgehead atoms. The minimum atomic E-state index is -0.365. The number of likely N-dealkylation sites (tertiary alicyclic amines) is 1. The molecule has 0 aliphatic carbocycles. The van der Waals surface area contributed by atoms with Gasteiger partial charge in [-0.05, 0) is 31.9 Å². The predicted molar refractivity (Wildman–Crippen MR) is 114 cm³/mol. The maximum absolute atomic E-state index is 11.9. The Morgan fingerprint density at radius 1 is 1.25 bits per heavy atom. The third-order valence-corrected chi connectivity index (χ3v) is 4.73. The van der Waals surface area contributed by atoms with Gasteiger partial charge in [0.1, 0.15) is 0 Å². The highest BCUT2D eigenvalue weighted by molar-refractivity contribution is 5.81. The monoisotopic (exact) mass is 388 g/mol. The van der Waals surface area contributed by atoms with Crippen molar-refractivity contribution in [1.82, 2.24) is 25.8 Å². The van der Waals surface area contributed by atoms with Crippen molar-refractivity contribution in [2.45, 2.75) is 53.1 Å². The zero-order valence-electron chi connectivity index (χ0n) is 17.8. The van der Waals surface area contributed by atoms with E-state index in [4.69, 9.17) is 0 Å². The fraction of sp³-hybridized carbons (Fsp3) is 0.667. The summed E-state index contributed by atoms with van der Waals surface area (Å²) in [5, 5.41) is 9.78. The van der Waals surface area contributed by atoms with Crippen LogP contribution in [0.15, 0.2) is 29.4 Å². The molecule has 156 valence electrons. The van der Waals surface area contributed by atoms with Crippen LogP contribution >= 0.6 is 0 Å². The fourth-order valence-electron chi connectivity index (χ4n) is 3.07. The van der Waals surface area contributed by atoms with Crippen LogP contribution in [-0.4, -0.2) is 60.5 Å². The van der Waals surface area contributed by atoms with Gasteiger partial charge in [0.2, 0.25) is 5.91 Å². The summed E-state index contributed by atoms with van der Waals surface area (Å²) in [6.45, 7) is 12.8. The number of piperidine rings is 1. The standard InChI is InChI=1S/C21H36N6O/c1-5-22-20(25-13-12-24-19(28)21(2,3)4)26-17-9-14-27(15-10-17)16-18-8-6-7-11-23-18/h6-8,11,17H,5,9-10,12-16H2,1-4H3,(H,24,28)(H2,22,25,26). The summed E-state index contributed by atoms with van der Waals surface area (Å²) >= 11 is 0. The maximum Gasteiger partial charge on any atom is 0.225 e. The van der Waals surface area contributed by atoms with Gasteiger partial charge in [-0.25, -0.2) is 0 Å². The minimum absolute atomic E-state index is 0.0564. The van der Waals surface area contributed by atoms with Crippen LogP contribution in [0.5, 0.6) is 0 Å². The van der Waals surface area contributed by atoms with Gasteiger partial charge in [-0.1, -0.05) is 26.8 Å². The molecule has 1 amide bonds. The Balaban J connectivity index is 1.74. The Kier molecular flexibility index (Phi) is 8.70. The number of aromatic nitrogens is 1. The average molecular weight is 389 g/mol. The molecule has 28 heavy (non-hydrogen) atoms. The predicted octanol–water partition coefficient (Wildman–Crippen LogP) is 1.76. The molecule has 0 aromatic carbocycles. The first-order valence-electron chi connectivity index (χ1n) is 10.3. The number of guanidine groups is 1. The number of nitrogens with one attached hydrogen (secondary N) is 3. The van der Waals surface area contributed by atoms with Crippen LogP contribution in [0.4, 0.5) is 0 Å². The molecule has 0 atom stereocenters. The molecule has 1 fully saturated rings. The van der Waals surface area contributed by atoms with Crippen molar-refractivity contribution in [1.29, 1.82) is 0 Å². The van der Waals surface area contributed by atoms with E-state index in [1.807, 2.05) is 39.1 Å². The SMILES string of the molecule is CCNC(=NCCNC(=O)C(C)(C)C)NC1CCN(Cc2ccccn2)CC1. The Morgan fingerprint density at radius 2 is 2.00 bits per heavy atom. The topological polar surface area (TPSA) is 81.6 Å². The maximum atomic E-state index is 11.9. The zero-order valence-corrected chi connectivity index (χ0v) is 17.8. The molecule has 0 spiro atoms. The second-order valence-electron chi connectivity index (χ2n) is 8.28. The highest BCUT2D eigenvalue weighted by atomic mass is 16.2. The fourth-order valence-corrected chi connectivity index (χ4v) is 3.07. The molecule has 7 nitrogen and oxygen atoms in total. The number of pyridine rings is 1. The second kappa shape index (κ2) is 11.0. The van der Waals surface area contributed by atoms with E-state index in [1.54, 1.807) is 0 Å². The molecular formula is C21H36N6O. The first-order chi connectivity index (χ1) is 13.4. The van der Waals surface area contributed by atoms with E-state index in [-0.39, 0.29) is 11.3 Å². The van der Waals surface area contributed by atoms with Crippen LogP contribution in [-0.2, 0) is 11.3 Å². The molecule has 1 aromatic heterocycles. The normalized spacial score (nSPS) is 16.6. The van der Waals surface area contributed by atoms with E-state index < -0.39 is 0 Å². The lowest BCUT2D eigenvalue weighted by molar-refractivity contribution is -0.128. The van der Waals surface area contributed by atoms with Crippen molar-refractivity contribution in [3.05, 3.63) is 30.1 Å². The molecule has 2 rings (SSSR count). The van der Waals surface area contributed by atoms with Crippen LogP contribution < -0.4 is 16.0 Å². The summed E-state index contributed by atoms with van der Waals surface area (Å²) < 4.78 is 0. The first kappa shape index (κ1) is 22.1. The van der Waals surface area contributed by atoms with Crippen molar-refractivity contribution in [3.8, 4) is 0 Å².